The Kier molecular flexibility index (Phi) is 4.64. The van der Waals surface area contributed by atoms with Crippen LogP contribution in [-0.2, 0) is 0 Å². The molecular formula is C18H22N4O2. The molecule has 0 atom stereocenters. The van der Waals surface area contributed by atoms with Crippen molar-refractivity contribution in [3.05, 3.63) is 42.4 Å². The monoisotopic (exact) mass is 326 g/mol. The molecule has 2 aromatic rings. The van der Waals surface area contributed by atoms with Crippen LogP contribution in [0.5, 0.6) is 0 Å². The Bertz CT molecular complexity index is 730. The van der Waals surface area contributed by atoms with Crippen molar-refractivity contribution in [3.63, 3.8) is 0 Å². The first-order valence-corrected chi connectivity index (χ1v) is 8.27. The number of rotatable bonds is 3. The molecule has 1 fully saturated rings. The van der Waals surface area contributed by atoms with Crippen molar-refractivity contribution < 1.29 is 9.59 Å². The van der Waals surface area contributed by atoms with Crippen LogP contribution in [0.3, 0.4) is 0 Å². The van der Waals surface area contributed by atoms with E-state index >= 15 is 0 Å². The number of aromatic nitrogens is 2. The molecule has 0 unspecified atom stereocenters. The lowest BCUT2D eigenvalue weighted by molar-refractivity contribution is 0.1000. The number of hydrogen-bond donors (Lipinski definition) is 1. The minimum absolute atomic E-state index is 0.0607. The molecule has 1 heterocycles. The molecule has 0 saturated heterocycles. The van der Waals surface area contributed by atoms with Crippen molar-refractivity contribution in [1.29, 1.82) is 0 Å². The first-order valence-electron chi connectivity index (χ1n) is 8.27. The normalized spacial score (nSPS) is 15.2. The van der Waals surface area contributed by atoms with E-state index in [9.17, 15) is 9.59 Å². The van der Waals surface area contributed by atoms with E-state index in [-0.39, 0.29) is 6.03 Å². The van der Waals surface area contributed by atoms with E-state index in [0.717, 1.165) is 18.4 Å². The van der Waals surface area contributed by atoms with Crippen LogP contribution in [0.2, 0.25) is 0 Å². The number of imidazole rings is 1. The van der Waals surface area contributed by atoms with Crippen molar-refractivity contribution in [2.24, 2.45) is 5.73 Å². The fourth-order valence-corrected chi connectivity index (χ4v) is 3.19. The van der Waals surface area contributed by atoms with Crippen molar-refractivity contribution in [2.45, 2.75) is 38.1 Å². The van der Waals surface area contributed by atoms with E-state index in [4.69, 9.17) is 5.73 Å². The Morgan fingerprint density at radius 2 is 1.83 bits per heavy atom. The van der Waals surface area contributed by atoms with E-state index in [1.165, 1.54) is 23.8 Å². The minimum atomic E-state index is -0.462. The lowest BCUT2D eigenvalue weighted by atomic mass is 9.95. The van der Waals surface area contributed by atoms with Gasteiger partial charge in [0.05, 0.1) is 5.69 Å². The highest BCUT2D eigenvalue weighted by atomic mass is 16.2. The first-order chi connectivity index (χ1) is 11.6. The number of nitrogens with zero attached hydrogens (tertiary/aromatic N) is 3. The molecule has 0 radical (unpaired) electrons. The van der Waals surface area contributed by atoms with Gasteiger partial charge < -0.3 is 10.6 Å². The lowest BCUT2D eigenvalue weighted by Gasteiger charge is -2.31. The summed E-state index contributed by atoms with van der Waals surface area (Å²) in [6, 6.07) is 7.13. The molecule has 24 heavy (non-hydrogen) atoms. The van der Waals surface area contributed by atoms with Gasteiger partial charge in [0.1, 0.15) is 6.33 Å². The minimum Gasteiger partial charge on any atom is -0.366 e. The summed E-state index contributed by atoms with van der Waals surface area (Å²) in [6.07, 6.45) is 9.03. The molecule has 2 amide bonds. The highest BCUT2D eigenvalue weighted by molar-refractivity contribution is 5.93. The molecule has 126 valence electrons. The predicted molar refractivity (Wildman–Crippen MR) is 91.6 cm³/mol. The fourth-order valence-electron chi connectivity index (χ4n) is 3.19. The van der Waals surface area contributed by atoms with E-state index in [1.54, 1.807) is 36.8 Å². The molecule has 6 nitrogen and oxygen atoms in total. The molecule has 1 aromatic heterocycles. The Morgan fingerprint density at radius 1 is 1.17 bits per heavy atom. The zero-order valence-electron chi connectivity index (χ0n) is 13.8. The standard InChI is InChI=1S/C18H22N4O2/c1-21(15-5-3-2-4-6-15)18(24)22-11-16(20-12-22)13-7-9-14(10-8-13)17(19)23/h7-12,15H,2-6H2,1H3,(H2,19,23). The Balaban J connectivity index is 1.74. The van der Waals surface area contributed by atoms with E-state index < -0.39 is 5.91 Å². The third-order valence-electron chi connectivity index (χ3n) is 4.69. The van der Waals surface area contributed by atoms with Crippen LogP contribution in [0.15, 0.2) is 36.8 Å². The first kappa shape index (κ1) is 16.2. The maximum atomic E-state index is 12.6. The second-order valence-electron chi connectivity index (χ2n) is 6.29. The van der Waals surface area contributed by atoms with Crippen LogP contribution in [0.25, 0.3) is 11.3 Å². The summed E-state index contributed by atoms with van der Waals surface area (Å²) in [5, 5.41) is 0. The fraction of sp³-hybridized carbons (Fsp3) is 0.389. The van der Waals surface area contributed by atoms with Gasteiger partial charge in [-0.2, -0.15) is 0 Å². The number of benzene rings is 1. The van der Waals surface area contributed by atoms with Crippen LogP contribution in [0.4, 0.5) is 4.79 Å². The number of carbonyl (C=O) groups is 2. The smallest absolute Gasteiger partial charge is 0.329 e. The summed E-state index contributed by atoms with van der Waals surface area (Å²) in [5.41, 5.74) is 7.22. The molecule has 1 aromatic carbocycles. The van der Waals surface area contributed by atoms with Gasteiger partial charge in [0.15, 0.2) is 0 Å². The van der Waals surface area contributed by atoms with Crippen LogP contribution in [0, 0.1) is 0 Å². The molecular weight excluding hydrogens is 304 g/mol. The Morgan fingerprint density at radius 3 is 2.46 bits per heavy atom. The summed E-state index contributed by atoms with van der Waals surface area (Å²) < 4.78 is 1.52. The predicted octanol–water partition coefficient (Wildman–Crippen LogP) is 2.88. The highest BCUT2D eigenvalue weighted by Crippen LogP contribution is 2.23. The van der Waals surface area contributed by atoms with Crippen LogP contribution in [0.1, 0.15) is 42.5 Å². The molecule has 3 rings (SSSR count). The number of nitrogens with two attached hydrogens (primary N) is 1. The van der Waals surface area contributed by atoms with E-state index in [0.29, 0.717) is 17.3 Å². The van der Waals surface area contributed by atoms with Crippen LogP contribution < -0.4 is 5.73 Å². The van der Waals surface area contributed by atoms with E-state index in [1.807, 2.05) is 11.9 Å². The zero-order valence-corrected chi connectivity index (χ0v) is 13.8. The van der Waals surface area contributed by atoms with Crippen molar-refractivity contribution >= 4 is 11.9 Å². The molecule has 0 aliphatic heterocycles. The third kappa shape index (κ3) is 3.32. The molecule has 6 heteroatoms. The van der Waals surface area contributed by atoms with Crippen LogP contribution in [-0.4, -0.2) is 39.5 Å². The number of primary amides is 1. The maximum Gasteiger partial charge on any atom is 0.329 e. The number of carbonyl (C=O) groups excluding carboxylic acids is 2. The van der Waals surface area contributed by atoms with Gasteiger partial charge in [-0.1, -0.05) is 31.4 Å². The molecule has 0 spiro atoms. The lowest BCUT2D eigenvalue weighted by Crippen LogP contribution is -2.40. The van der Waals surface area contributed by atoms with Gasteiger partial charge in [-0.25, -0.2) is 9.78 Å². The molecule has 1 aliphatic carbocycles. The largest absolute Gasteiger partial charge is 0.366 e. The van der Waals surface area contributed by atoms with Gasteiger partial charge in [-0.15, -0.1) is 0 Å². The van der Waals surface area contributed by atoms with Crippen molar-refractivity contribution in [2.75, 3.05) is 7.05 Å². The average molecular weight is 326 g/mol. The quantitative estimate of drug-likeness (QED) is 0.941. The van der Waals surface area contributed by atoms with Gasteiger partial charge >= 0.3 is 6.03 Å². The zero-order chi connectivity index (χ0) is 17.1. The van der Waals surface area contributed by atoms with Gasteiger partial charge in [-0.3, -0.25) is 9.36 Å². The van der Waals surface area contributed by atoms with E-state index in [2.05, 4.69) is 4.98 Å². The van der Waals surface area contributed by atoms with Gasteiger partial charge in [0.2, 0.25) is 5.91 Å². The second kappa shape index (κ2) is 6.86. The van der Waals surface area contributed by atoms with Gasteiger partial charge in [0.25, 0.3) is 0 Å². The summed E-state index contributed by atoms with van der Waals surface area (Å²) in [6.45, 7) is 0. The summed E-state index contributed by atoms with van der Waals surface area (Å²) in [4.78, 5) is 29.9. The van der Waals surface area contributed by atoms with Gasteiger partial charge in [0, 0.05) is 30.4 Å². The second-order valence-corrected chi connectivity index (χ2v) is 6.29. The van der Waals surface area contributed by atoms with Crippen LogP contribution >= 0.6 is 0 Å². The molecule has 1 saturated carbocycles. The third-order valence-corrected chi connectivity index (χ3v) is 4.69. The SMILES string of the molecule is CN(C(=O)n1cnc(-c2ccc(C(N)=O)cc2)c1)C1CCCCC1. The molecule has 0 bridgehead atoms. The summed E-state index contributed by atoms with van der Waals surface area (Å²) >= 11 is 0. The summed E-state index contributed by atoms with van der Waals surface area (Å²) in [7, 11) is 1.86. The average Bonchev–Trinajstić information content (AvgIpc) is 3.11. The molecule has 2 N–H and O–H groups in total. The topological polar surface area (TPSA) is 81.2 Å². The van der Waals surface area contributed by atoms with Crippen molar-refractivity contribution in [1.82, 2.24) is 14.5 Å². The van der Waals surface area contributed by atoms with Gasteiger partial charge in [-0.05, 0) is 25.0 Å². The highest BCUT2D eigenvalue weighted by Gasteiger charge is 2.23. The molecule has 1 aliphatic rings. The Labute approximate surface area is 141 Å². The number of amides is 2. The summed E-state index contributed by atoms with van der Waals surface area (Å²) in [5.74, 6) is -0.462. The number of hydrogen-bond acceptors (Lipinski definition) is 3. The van der Waals surface area contributed by atoms with Crippen molar-refractivity contribution in [3.8, 4) is 11.3 Å². The Hall–Kier alpha value is -2.63. The maximum absolute atomic E-state index is 12.6.